The molecule has 1 spiro atoms. The zero-order valence-electron chi connectivity index (χ0n) is 13.8. The lowest BCUT2D eigenvalue weighted by Gasteiger charge is -2.48. The van der Waals surface area contributed by atoms with Gasteiger partial charge in [-0.15, -0.1) is 0 Å². The maximum Gasteiger partial charge on any atom is 0.0729 e. The van der Waals surface area contributed by atoms with Crippen LogP contribution in [0.25, 0.3) is 0 Å². The highest BCUT2D eigenvalue weighted by atomic mass is 16.5. The van der Waals surface area contributed by atoms with Gasteiger partial charge in [0.2, 0.25) is 0 Å². The van der Waals surface area contributed by atoms with E-state index in [0.717, 1.165) is 45.1 Å². The van der Waals surface area contributed by atoms with E-state index in [9.17, 15) is 0 Å². The molecule has 0 aliphatic carbocycles. The summed E-state index contributed by atoms with van der Waals surface area (Å²) in [4.78, 5) is 0. The Balaban J connectivity index is 1.96. The van der Waals surface area contributed by atoms with Crippen LogP contribution in [0.1, 0.15) is 59.8 Å². The number of rotatable bonds is 5. The van der Waals surface area contributed by atoms with Crippen molar-refractivity contribution in [3.05, 3.63) is 0 Å². The lowest BCUT2D eigenvalue weighted by atomic mass is 9.66. The van der Waals surface area contributed by atoms with Gasteiger partial charge in [0, 0.05) is 25.9 Å². The molecule has 118 valence electrons. The Kier molecular flexibility index (Phi) is 5.49. The van der Waals surface area contributed by atoms with Crippen molar-refractivity contribution in [2.75, 3.05) is 26.4 Å². The van der Waals surface area contributed by atoms with Crippen LogP contribution in [0.2, 0.25) is 0 Å². The third kappa shape index (κ3) is 3.96. The second kappa shape index (κ2) is 6.76. The van der Waals surface area contributed by atoms with E-state index in [1.165, 1.54) is 19.3 Å². The molecule has 2 fully saturated rings. The Morgan fingerprint density at radius 1 is 1.25 bits per heavy atom. The van der Waals surface area contributed by atoms with Gasteiger partial charge in [-0.3, -0.25) is 0 Å². The first-order valence-corrected chi connectivity index (χ1v) is 8.42. The monoisotopic (exact) mass is 283 g/mol. The molecule has 0 saturated carbocycles. The molecule has 2 heterocycles. The van der Waals surface area contributed by atoms with E-state index < -0.39 is 0 Å². The maximum absolute atomic E-state index is 6.19. The third-order valence-corrected chi connectivity index (χ3v) is 5.39. The smallest absolute Gasteiger partial charge is 0.0729 e. The fourth-order valence-corrected chi connectivity index (χ4v) is 4.16. The highest BCUT2D eigenvalue weighted by molar-refractivity contribution is 4.94. The maximum atomic E-state index is 6.19. The molecule has 2 aliphatic heterocycles. The fourth-order valence-electron chi connectivity index (χ4n) is 4.16. The molecule has 2 rings (SSSR count). The van der Waals surface area contributed by atoms with Crippen LogP contribution in [-0.4, -0.2) is 38.0 Å². The largest absolute Gasteiger partial charge is 0.381 e. The fraction of sp³-hybridized carbons (Fsp3) is 1.00. The highest BCUT2D eigenvalue weighted by Gasteiger charge is 2.43. The van der Waals surface area contributed by atoms with Crippen LogP contribution in [0.4, 0.5) is 0 Å². The van der Waals surface area contributed by atoms with Crippen LogP contribution < -0.4 is 5.32 Å². The minimum absolute atomic E-state index is 0.125. The van der Waals surface area contributed by atoms with Gasteiger partial charge in [-0.05, 0) is 56.9 Å². The lowest BCUT2D eigenvalue weighted by Crippen LogP contribution is -2.48. The van der Waals surface area contributed by atoms with Gasteiger partial charge in [-0.25, -0.2) is 0 Å². The van der Waals surface area contributed by atoms with Crippen molar-refractivity contribution in [2.24, 2.45) is 11.3 Å². The average molecular weight is 283 g/mol. The molecule has 0 aromatic rings. The zero-order chi connectivity index (χ0) is 14.6. The van der Waals surface area contributed by atoms with Crippen LogP contribution in [0, 0.1) is 11.3 Å². The summed E-state index contributed by atoms with van der Waals surface area (Å²) in [6, 6.07) is 0.600. The summed E-state index contributed by atoms with van der Waals surface area (Å²) in [5.41, 5.74) is 0.510. The molecular formula is C17H33NO2. The van der Waals surface area contributed by atoms with Gasteiger partial charge >= 0.3 is 0 Å². The second-order valence-electron chi connectivity index (χ2n) is 7.49. The molecule has 2 atom stereocenters. The van der Waals surface area contributed by atoms with Gasteiger partial charge in [0.25, 0.3) is 0 Å². The molecule has 0 radical (unpaired) electrons. The van der Waals surface area contributed by atoms with Crippen molar-refractivity contribution in [1.82, 2.24) is 5.32 Å². The van der Waals surface area contributed by atoms with Crippen molar-refractivity contribution >= 4 is 0 Å². The quantitative estimate of drug-likeness (QED) is 0.839. The topological polar surface area (TPSA) is 30.5 Å². The second-order valence-corrected chi connectivity index (χ2v) is 7.49. The molecule has 0 bridgehead atoms. The van der Waals surface area contributed by atoms with Gasteiger partial charge in [0.1, 0.15) is 0 Å². The Labute approximate surface area is 124 Å². The summed E-state index contributed by atoms with van der Waals surface area (Å²) < 4.78 is 11.7. The first-order valence-electron chi connectivity index (χ1n) is 8.42. The molecule has 20 heavy (non-hydrogen) atoms. The zero-order valence-corrected chi connectivity index (χ0v) is 13.8. The summed E-state index contributed by atoms with van der Waals surface area (Å²) in [7, 11) is 0. The highest BCUT2D eigenvalue weighted by Crippen LogP contribution is 2.45. The minimum atomic E-state index is 0.125. The minimum Gasteiger partial charge on any atom is -0.381 e. The lowest BCUT2D eigenvalue weighted by molar-refractivity contribution is -0.160. The molecule has 2 aliphatic rings. The molecule has 0 amide bonds. The molecular weight excluding hydrogens is 250 g/mol. The van der Waals surface area contributed by atoms with Gasteiger partial charge in [0.15, 0.2) is 0 Å². The van der Waals surface area contributed by atoms with Crippen LogP contribution in [0.5, 0.6) is 0 Å². The van der Waals surface area contributed by atoms with Crippen molar-refractivity contribution in [2.45, 2.75) is 71.4 Å². The van der Waals surface area contributed by atoms with E-state index >= 15 is 0 Å². The van der Waals surface area contributed by atoms with Crippen LogP contribution in [-0.2, 0) is 9.47 Å². The molecule has 3 nitrogen and oxygen atoms in total. The molecule has 0 aromatic heterocycles. The Morgan fingerprint density at radius 3 is 2.60 bits per heavy atom. The van der Waals surface area contributed by atoms with Gasteiger partial charge < -0.3 is 14.8 Å². The number of ether oxygens (including phenoxy) is 2. The van der Waals surface area contributed by atoms with E-state index in [1.54, 1.807) is 0 Å². The summed E-state index contributed by atoms with van der Waals surface area (Å²) in [6.45, 7) is 13.1. The van der Waals surface area contributed by atoms with Crippen molar-refractivity contribution < 1.29 is 9.47 Å². The summed E-state index contributed by atoms with van der Waals surface area (Å²) >= 11 is 0. The Bertz CT molecular complexity index is 292. The van der Waals surface area contributed by atoms with Crippen LogP contribution >= 0.6 is 0 Å². The van der Waals surface area contributed by atoms with Crippen LogP contribution in [0.3, 0.4) is 0 Å². The normalized spacial score (nSPS) is 28.5. The predicted octanol–water partition coefficient (Wildman–Crippen LogP) is 3.38. The van der Waals surface area contributed by atoms with Gasteiger partial charge in [-0.2, -0.15) is 0 Å². The van der Waals surface area contributed by atoms with Crippen LogP contribution in [0.15, 0.2) is 0 Å². The number of nitrogens with one attached hydrogen (secondary N) is 1. The van der Waals surface area contributed by atoms with E-state index in [0.29, 0.717) is 11.5 Å². The predicted molar refractivity (Wildman–Crippen MR) is 83.0 cm³/mol. The molecule has 3 heteroatoms. The van der Waals surface area contributed by atoms with E-state index in [2.05, 4.69) is 33.0 Å². The standard InChI is InChI=1S/C17H33NO2/c1-5-18-14(2)12-16(3,4)15-6-9-20-17(13-15)7-10-19-11-8-17/h14-15,18H,5-13H2,1-4H3. The Morgan fingerprint density at radius 2 is 1.95 bits per heavy atom. The first-order chi connectivity index (χ1) is 9.47. The van der Waals surface area contributed by atoms with E-state index in [4.69, 9.17) is 9.47 Å². The van der Waals surface area contributed by atoms with Gasteiger partial charge in [-0.1, -0.05) is 20.8 Å². The molecule has 2 unspecified atom stereocenters. The molecule has 1 N–H and O–H groups in total. The average Bonchev–Trinajstić information content (AvgIpc) is 2.39. The summed E-state index contributed by atoms with van der Waals surface area (Å²) in [6.07, 6.45) is 5.86. The number of hydrogen-bond acceptors (Lipinski definition) is 3. The van der Waals surface area contributed by atoms with E-state index in [1.807, 2.05) is 0 Å². The Hall–Kier alpha value is -0.120. The number of hydrogen-bond donors (Lipinski definition) is 1. The van der Waals surface area contributed by atoms with E-state index in [-0.39, 0.29) is 5.60 Å². The van der Waals surface area contributed by atoms with Crippen molar-refractivity contribution in [3.63, 3.8) is 0 Å². The molecule has 0 aromatic carbocycles. The van der Waals surface area contributed by atoms with Gasteiger partial charge in [0.05, 0.1) is 5.60 Å². The first kappa shape index (κ1) is 16.3. The summed E-state index contributed by atoms with van der Waals surface area (Å²) in [5, 5.41) is 3.56. The van der Waals surface area contributed by atoms with Crippen molar-refractivity contribution in [1.29, 1.82) is 0 Å². The SMILES string of the molecule is CCNC(C)CC(C)(C)C1CCOC2(CCOCC2)C1. The van der Waals surface area contributed by atoms with Crippen molar-refractivity contribution in [3.8, 4) is 0 Å². The third-order valence-electron chi connectivity index (χ3n) is 5.39. The molecule has 2 saturated heterocycles. The summed E-state index contributed by atoms with van der Waals surface area (Å²) in [5.74, 6) is 0.774.